The second-order valence-electron chi connectivity index (χ2n) is 4.28. The standard InChI is InChI=1S/C15H12N2O4/c1-19-12-4-3-10-11(18)5-13(9-6-16-8-17-7-9)21-14(10)15(12)20-2/h3-8H,1-2H3. The Morgan fingerprint density at radius 1 is 1.10 bits per heavy atom. The normalized spacial score (nSPS) is 10.6. The summed E-state index contributed by atoms with van der Waals surface area (Å²) in [6, 6.07) is 4.73. The Balaban J connectivity index is 2.34. The molecule has 3 aromatic rings. The summed E-state index contributed by atoms with van der Waals surface area (Å²) in [7, 11) is 3.02. The predicted molar refractivity (Wildman–Crippen MR) is 76.6 cm³/mol. The van der Waals surface area contributed by atoms with Crippen LogP contribution < -0.4 is 14.9 Å². The third kappa shape index (κ3) is 2.20. The smallest absolute Gasteiger partial charge is 0.204 e. The van der Waals surface area contributed by atoms with Gasteiger partial charge in [0, 0.05) is 18.5 Å². The minimum Gasteiger partial charge on any atom is -0.493 e. The highest BCUT2D eigenvalue weighted by molar-refractivity contribution is 5.86. The van der Waals surface area contributed by atoms with Gasteiger partial charge in [-0.15, -0.1) is 0 Å². The van der Waals surface area contributed by atoms with E-state index in [2.05, 4.69) is 9.97 Å². The summed E-state index contributed by atoms with van der Waals surface area (Å²) < 4.78 is 16.3. The lowest BCUT2D eigenvalue weighted by molar-refractivity contribution is 0.353. The van der Waals surface area contributed by atoms with Crippen molar-refractivity contribution in [3.63, 3.8) is 0 Å². The van der Waals surface area contributed by atoms with Gasteiger partial charge in [0.05, 0.1) is 25.2 Å². The van der Waals surface area contributed by atoms with E-state index in [9.17, 15) is 4.79 Å². The fourth-order valence-electron chi connectivity index (χ4n) is 2.10. The molecule has 106 valence electrons. The SMILES string of the molecule is COc1ccc2c(=O)cc(-c3cncnc3)oc2c1OC. The maximum absolute atomic E-state index is 12.2. The zero-order valence-electron chi connectivity index (χ0n) is 11.5. The van der Waals surface area contributed by atoms with Crippen molar-refractivity contribution in [3.05, 3.63) is 47.1 Å². The highest BCUT2D eigenvalue weighted by atomic mass is 16.5. The number of hydrogen-bond acceptors (Lipinski definition) is 6. The van der Waals surface area contributed by atoms with Crippen LogP contribution in [0.1, 0.15) is 0 Å². The summed E-state index contributed by atoms with van der Waals surface area (Å²) in [6.45, 7) is 0. The third-order valence-electron chi connectivity index (χ3n) is 3.08. The van der Waals surface area contributed by atoms with Gasteiger partial charge >= 0.3 is 0 Å². The van der Waals surface area contributed by atoms with Gasteiger partial charge in [-0.25, -0.2) is 9.97 Å². The Hall–Kier alpha value is -2.89. The number of nitrogens with zero attached hydrogens (tertiary/aromatic N) is 2. The molecule has 0 bridgehead atoms. The van der Waals surface area contributed by atoms with Gasteiger partial charge in [0.15, 0.2) is 16.8 Å². The molecule has 2 heterocycles. The zero-order chi connectivity index (χ0) is 14.8. The van der Waals surface area contributed by atoms with Crippen molar-refractivity contribution >= 4 is 11.0 Å². The molecule has 6 nitrogen and oxygen atoms in total. The molecule has 0 spiro atoms. The van der Waals surface area contributed by atoms with Crippen LogP contribution in [0.25, 0.3) is 22.3 Å². The van der Waals surface area contributed by atoms with Crippen LogP contribution in [-0.2, 0) is 0 Å². The maximum Gasteiger partial charge on any atom is 0.204 e. The van der Waals surface area contributed by atoms with Crippen LogP contribution in [0, 0.1) is 0 Å². The molecule has 3 rings (SSSR count). The van der Waals surface area contributed by atoms with E-state index in [1.54, 1.807) is 24.5 Å². The number of fused-ring (bicyclic) bond motifs is 1. The average molecular weight is 284 g/mol. The number of aromatic nitrogens is 2. The van der Waals surface area contributed by atoms with Gasteiger partial charge in [-0.05, 0) is 12.1 Å². The van der Waals surface area contributed by atoms with Crippen LogP contribution in [0.5, 0.6) is 11.5 Å². The van der Waals surface area contributed by atoms with Crippen molar-refractivity contribution < 1.29 is 13.9 Å². The van der Waals surface area contributed by atoms with Crippen molar-refractivity contribution in [1.29, 1.82) is 0 Å². The summed E-state index contributed by atoms with van der Waals surface area (Å²) in [4.78, 5) is 20.1. The molecule has 0 saturated carbocycles. The Morgan fingerprint density at radius 2 is 1.86 bits per heavy atom. The van der Waals surface area contributed by atoms with Crippen molar-refractivity contribution in [2.24, 2.45) is 0 Å². The highest BCUT2D eigenvalue weighted by Crippen LogP contribution is 2.35. The van der Waals surface area contributed by atoms with Gasteiger partial charge in [-0.3, -0.25) is 4.79 Å². The number of benzene rings is 1. The highest BCUT2D eigenvalue weighted by Gasteiger charge is 2.15. The first-order chi connectivity index (χ1) is 10.2. The summed E-state index contributed by atoms with van der Waals surface area (Å²) in [5, 5.41) is 0.424. The topological polar surface area (TPSA) is 74.5 Å². The average Bonchev–Trinajstić information content (AvgIpc) is 2.54. The van der Waals surface area contributed by atoms with E-state index in [0.29, 0.717) is 33.8 Å². The second kappa shape index (κ2) is 5.24. The molecule has 0 aliphatic rings. The van der Waals surface area contributed by atoms with Crippen LogP contribution in [0.15, 0.2) is 46.1 Å². The van der Waals surface area contributed by atoms with Crippen molar-refractivity contribution in [1.82, 2.24) is 9.97 Å². The van der Waals surface area contributed by atoms with Gasteiger partial charge in [0.2, 0.25) is 5.75 Å². The summed E-state index contributed by atoms with van der Waals surface area (Å²) >= 11 is 0. The molecule has 0 atom stereocenters. The molecule has 6 heteroatoms. The van der Waals surface area contributed by atoms with Crippen LogP contribution in [-0.4, -0.2) is 24.2 Å². The fraction of sp³-hybridized carbons (Fsp3) is 0.133. The van der Waals surface area contributed by atoms with Crippen molar-refractivity contribution in [3.8, 4) is 22.8 Å². The first kappa shape index (κ1) is 13.1. The lowest BCUT2D eigenvalue weighted by atomic mass is 10.1. The third-order valence-corrected chi connectivity index (χ3v) is 3.08. The van der Waals surface area contributed by atoms with Gasteiger partial charge in [-0.1, -0.05) is 0 Å². The lowest BCUT2D eigenvalue weighted by Crippen LogP contribution is -2.02. The molecule has 0 aliphatic carbocycles. The maximum atomic E-state index is 12.2. The molecule has 2 aromatic heterocycles. The van der Waals surface area contributed by atoms with E-state index in [1.807, 2.05) is 0 Å². The molecule has 0 N–H and O–H groups in total. The molecule has 0 fully saturated rings. The first-order valence-corrected chi connectivity index (χ1v) is 6.19. The molecule has 0 saturated heterocycles. The summed E-state index contributed by atoms with van der Waals surface area (Å²) in [5.41, 5.74) is 0.778. The Morgan fingerprint density at radius 3 is 2.52 bits per heavy atom. The van der Waals surface area contributed by atoms with E-state index in [1.165, 1.54) is 26.6 Å². The molecule has 0 radical (unpaired) electrons. The number of ether oxygens (including phenoxy) is 2. The molecular formula is C15H12N2O4. The summed E-state index contributed by atoms with van der Waals surface area (Å²) in [6.07, 6.45) is 4.56. The van der Waals surface area contributed by atoms with E-state index in [0.717, 1.165) is 0 Å². The minimum absolute atomic E-state index is 0.170. The van der Waals surface area contributed by atoms with Gasteiger partial charge in [0.1, 0.15) is 12.1 Å². The van der Waals surface area contributed by atoms with Gasteiger partial charge < -0.3 is 13.9 Å². The molecule has 21 heavy (non-hydrogen) atoms. The van der Waals surface area contributed by atoms with E-state index < -0.39 is 0 Å². The van der Waals surface area contributed by atoms with E-state index in [4.69, 9.17) is 13.9 Å². The largest absolute Gasteiger partial charge is 0.493 e. The van der Waals surface area contributed by atoms with Gasteiger partial charge in [-0.2, -0.15) is 0 Å². The fourth-order valence-corrected chi connectivity index (χ4v) is 2.10. The van der Waals surface area contributed by atoms with E-state index in [-0.39, 0.29) is 5.43 Å². The van der Waals surface area contributed by atoms with Crippen LogP contribution in [0.3, 0.4) is 0 Å². The van der Waals surface area contributed by atoms with Crippen LogP contribution >= 0.6 is 0 Å². The quantitative estimate of drug-likeness (QED) is 0.734. The molecule has 0 aliphatic heterocycles. The van der Waals surface area contributed by atoms with Crippen LogP contribution in [0.2, 0.25) is 0 Å². The summed E-state index contributed by atoms with van der Waals surface area (Å²) in [5.74, 6) is 1.25. The molecule has 0 amide bonds. The van der Waals surface area contributed by atoms with Crippen LogP contribution in [0.4, 0.5) is 0 Å². The minimum atomic E-state index is -0.170. The first-order valence-electron chi connectivity index (χ1n) is 6.19. The monoisotopic (exact) mass is 284 g/mol. The van der Waals surface area contributed by atoms with Crippen molar-refractivity contribution in [2.75, 3.05) is 14.2 Å². The molecule has 0 unspecified atom stereocenters. The number of hydrogen-bond donors (Lipinski definition) is 0. The Kier molecular flexibility index (Phi) is 3.27. The lowest BCUT2D eigenvalue weighted by Gasteiger charge is -2.10. The number of rotatable bonds is 3. The predicted octanol–water partition coefficient (Wildman–Crippen LogP) is 2.27. The zero-order valence-corrected chi connectivity index (χ0v) is 11.5. The number of methoxy groups -OCH3 is 2. The second-order valence-corrected chi connectivity index (χ2v) is 4.28. The molecular weight excluding hydrogens is 272 g/mol. The van der Waals surface area contributed by atoms with Crippen molar-refractivity contribution in [2.45, 2.75) is 0 Å². The Bertz CT molecular complexity index is 843. The Labute approximate surface area is 120 Å². The van der Waals surface area contributed by atoms with Gasteiger partial charge in [0.25, 0.3) is 0 Å². The molecule has 1 aromatic carbocycles. The van der Waals surface area contributed by atoms with E-state index >= 15 is 0 Å².